The number of halogens is 1. The van der Waals surface area contributed by atoms with Crippen LogP contribution in [0.3, 0.4) is 0 Å². The van der Waals surface area contributed by atoms with E-state index in [0.29, 0.717) is 16.7 Å². The lowest BCUT2D eigenvalue weighted by Crippen LogP contribution is -2.14. The zero-order valence-electron chi connectivity index (χ0n) is 10.4. The Bertz CT molecular complexity index is 393. The number of nitrogens with one attached hydrogen (secondary N) is 1. The van der Waals surface area contributed by atoms with Gasteiger partial charge in [0.25, 0.3) is 0 Å². The second kappa shape index (κ2) is 6.92. The molecule has 0 aliphatic heterocycles. The van der Waals surface area contributed by atoms with Gasteiger partial charge in [0, 0.05) is 10.7 Å². The molecule has 0 heterocycles. The lowest BCUT2D eigenvalue weighted by molar-refractivity contribution is -0.113. The van der Waals surface area contributed by atoms with Gasteiger partial charge in [-0.3, -0.25) is 4.79 Å². The van der Waals surface area contributed by atoms with Crippen molar-refractivity contribution < 1.29 is 4.79 Å². The van der Waals surface area contributed by atoms with Crippen LogP contribution in [0.1, 0.15) is 19.4 Å². The van der Waals surface area contributed by atoms with Crippen LogP contribution in [0.5, 0.6) is 0 Å². The largest absolute Gasteiger partial charge is 0.325 e. The van der Waals surface area contributed by atoms with Gasteiger partial charge in [-0.15, -0.1) is 0 Å². The van der Waals surface area contributed by atoms with Crippen molar-refractivity contribution >= 4 is 35.0 Å². The van der Waals surface area contributed by atoms with Crippen molar-refractivity contribution in [1.29, 1.82) is 0 Å². The zero-order valence-corrected chi connectivity index (χ0v) is 12.0. The SMILES string of the molecule is Cc1ccc(NC(=O)CSCC(C)C)cc1Cl. The maximum Gasteiger partial charge on any atom is 0.234 e. The fourth-order valence-corrected chi connectivity index (χ4v) is 2.28. The molecule has 0 saturated heterocycles. The Morgan fingerprint density at radius 2 is 2.18 bits per heavy atom. The number of benzene rings is 1. The van der Waals surface area contributed by atoms with E-state index >= 15 is 0 Å². The minimum Gasteiger partial charge on any atom is -0.325 e. The molecule has 1 N–H and O–H groups in total. The maximum atomic E-state index is 11.6. The number of rotatable bonds is 5. The molecule has 0 spiro atoms. The Morgan fingerprint density at radius 3 is 2.76 bits per heavy atom. The van der Waals surface area contributed by atoms with Crippen LogP contribution in [-0.2, 0) is 4.79 Å². The summed E-state index contributed by atoms with van der Waals surface area (Å²) in [6.07, 6.45) is 0. The van der Waals surface area contributed by atoms with Crippen LogP contribution in [0.2, 0.25) is 5.02 Å². The van der Waals surface area contributed by atoms with Gasteiger partial charge in [-0.2, -0.15) is 11.8 Å². The second-order valence-corrected chi connectivity index (χ2v) is 5.86. The molecule has 0 atom stereocenters. The van der Waals surface area contributed by atoms with Crippen LogP contribution in [0.15, 0.2) is 18.2 Å². The quantitative estimate of drug-likeness (QED) is 0.878. The summed E-state index contributed by atoms with van der Waals surface area (Å²) in [6.45, 7) is 6.22. The summed E-state index contributed by atoms with van der Waals surface area (Å²) in [5.41, 5.74) is 1.77. The molecule has 0 aromatic heterocycles. The third-order valence-corrected chi connectivity index (χ3v) is 3.92. The molecule has 0 saturated carbocycles. The highest BCUT2D eigenvalue weighted by molar-refractivity contribution is 7.99. The molecule has 1 amide bonds. The van der Waals surface area contributed by atoms with Gasteiger partial charge < -0.3 is 5.32 Å². The van der Waals surface area contributed by atoms with Crippen molar-refractivity contribution in [3.05, 3.63) is 28.8 Å². The summed E-state index contributed by atoms with van der Waals surface area (Å²) >= 11 is 7.64. The average molecular weight is 272 g/mol. The Hall–Kier alpha value is -0.670. The highest BCUT2D eigenvalue weighted by Crippen LogP contribution is 2.20. The predicted octanol–water partition coefficient (Wildman–Crippen LogP) is 3.98. The molecule has 0 radical (unpaired) electrons. The van der Waals surface area contributed by atoms with Crippen LogP contribution in [0.4, 0.5) is 5.69 Å². The van der Waals surface area contributed by atoms with Crippen molar-refractivity contribution in [1.82, 2.24) is 0 Å². The normalized spacial score (nSPS) is 10.6. The Morgan fingerprint density at radius 1 is 1.47 bits per heavy atom. The van der Waals surface area contributed by atoms with E-state index in [9.17, 15) is 4.79 Å². The minimum atomic E-state index is 0.0237. The van der Waals surface area contributed by atoms with E-state index in [-0.39, 0.29) is 5.91 Å². The smallest absolute Gasteiger partial charge is 0.234 e. The molecule has 2 nitrogen and oxygen atoms in total. The second-order valence-electron chi connectivity index (χ2n) is 4.42. The number of carbonyl (C=O) groups excluding carboxylic acids is 1. The molecule has 0 bridgehead atoms. The number of amides is 1. The van der Waals surface area contributed by atoms with E-state index in [1.54, 1.807) is 17.8 Å². The van der Waals surface area contributed by atoms with Gasteiger partial charge in [0.05, 0.1) is 5.75 Å². The first kappa shape index (κ1) is 14.4. The third-order valence-electron chi connectivity index (χ3n) is 2.14. The summed E-state index contributed by atoms with van der Waals surface area (Å²) in [6, 6.07) is 5.55. The molecular weight excluding hydrogens is 254 g/mol. The highest BCUT2D eigenvalue weighted by Gasteiger charge is 2.04. The number of thioether (sulfide) groups is 1. The number of aryl methyl sites for hydroxylation is 1. The molecule has 94 valence electrons. The first-order valence-corrected chi connectivity index (χ1v) is 7.16. The Labute approximate surface area is 112 Å². The summed E-state index contributed by atoms with van der Waals surface area (Å²) in [5.74, 6) is 2.13. The van der Waals surface area contributed by atoms with E-state index in [4.69, 9.17) is 11.6 Å². The average Bonchev–Trinajstić information content (AvgIpc) is 2.23. The van der Waals surface area contributed by atoms with Gasteiger partial charge >= 0.3 is 0 Å². The molecule has 4 heteroatoms. The van der Waals surface area contributed by atoms with Crippen LogP contribution < -0.4 is 5.32 Å². The number of hydrogen-bond acceptors (Lipinski definition) is 2. The van der Waals surface area contributed by atoms with E-state index in [1.807, 2.05) is 19.1 Å². The third kappa shape index (κ3) is 5.46. The van der Waals surface area contributed by atoms with Crippen LogP contribution in [0, 0.1) is 12.8 Å². The number of carbonyl (C=O) groups is 1. The molecule has 1 rings (SSSR count). The minimum absolute atomic E-state index is 0.0237. The Balaban J connectivity index is 2.42. The Kier molecular flexibility index (Phi) is 5.86. The lowest BCUT2D eigenvalue weighted by atomic mass is 10.2. The van der Waals surface area contributed by atoms with E-state index < -0.39 is 0 Å². The van der Waals surface area contributed by atoms with Gasteiger partial charge in [-0.25, -0.2) is 0 Å². The molecule has 0 aliphatic carbocycles. The summed E-state index contributed by atoms with van der Waals surface area (Å²) in [7, 11) is 0. The molecule has 0 aliphatic rings. The van der Waals surface area contributed by atoms with E-state index in [2.05, 4.69) is 19.2 Å². The van der Waals surface area contributed by atoms with Gasteiger partial charge in [-0.1, -0.05) is 31.5 Å². The molecule has 17 heavy (non-hydrogen) atoms. The summed E-state index contributed by atoms with van der Waals surface area (Å²) in [4.78, 5) is 11.6. The van der Waals surface area contributed by atoms with Crippen molar-refractivity contribution in [3.63, 3.8) is 0 Å². The maximum absolute atomic E-state index is 11.6. The van der Waals surface area contributed by atoms with Crippen molar-refractivity contribution in [3.8, 4) is 0 Å². The first-order valence-electron chi connectivity index (χ1n) is 5.62. The van der Waals surface area contributed by atoms with Crippen molar-refractivity contribution in [2.24, 2.45) is 5.92 Å². The van der Waals surface area contributed by atoms with Crippen LogP contribution in [0.25, 0.3) is 0 Å². The van der Waals surface area contributed by atoms with Gasteiger partial charge in [-0.05, 0) is 36.3 Å². The fourth-order valence-electron chi connectivity index (χ4n) is 1.26. The lowest BCUT2D eigenvalue weighted by Gasteiger charge is -2.07. The summed E-state index contributed by atoms with van der Waals surface area (Å²) < 4.78 is 0. The monoisotopic (exact) mass is 271 g/mol. The topological polar surface area (TPSA) is 29.1 Å². The molecule has 1 aromatic rings. The van der Waals surface area contributed by atoms with Crippen LogP contribution >= 0.6 is 23.4 Å². The number of hydrogen-bond donors (Lipinski definition) is 1. The molecule has 0 fully saturated rings. The number of anilines is 1. The first-order chi connectivity index (χ1) is 7.99. The van der Waals surface area contributed by atoms with Crippen molar-refractivity contribution in [2.45, 2.75) is 20.8 Å². The predicted molar refractivity (Wildman–Crippen MR) is 77.0 cm³/mol. The summed E-state index contributed by atoms with van der Waals surface area (Å²) in [5, 5.41) is 3.52. The molecule has 0 unspecified atom stereocenters. The van der Waals surface area contributed by atoms with Gasteiger partial charge in [0.15, 0.2) is 0 Å². The fraction of sp³-hybridized carbons (Fsp3) is 0.462. The van der Waals surface area contributed by atoms with Crippen LogP contribution in [-0.4, -0.2) is 17.4 Å². The molecule has 1 aromatic carbocycles. The zero-order chi connectivity index (χ0) is 12.8. The molecular formula is C13H18ClNOS. The van der Waals surface area contributed by atoms with E-state index in [0.717, 1.165) is 17.0 Å². The van der Waals surface area contributed by atoms with Gasteiger partial charge in [0.1, 0.15) is 0 Å². The van der Waals surface area contributed by atoms with Gasteiger partial charge in [0.2, 0.25) is 5.91 Å². The van der Waals surface area contributed by atoms with Crippen molar-refractivity contribution in [2.75, 3.05) is 16.8 Å². The standard InChI is InChI=1S/C13H18ClNOS/c1-9(2)7-17-8-13(16)15-11-5-4-10(3)12(14)6-11/h4-6,9H,7-8H2,1-3H3,(H,15,16). The van der Waals surface area contributed by atoms with E-state index in [1.165, 1.54) is 0 Å². The highest BCUT2D eigenvalue weighted by atomic mass is 35.5.